The molecular formula is C10H13BrN2O3. The van der Waals surface area contributed by atoms with E-state index in [0.29, 0.717) is 16.6 Å². The molecule has 0 aliphatic heterocycles. The predicted molar refractivity (Wildman–Crippen MR) is 65.6 cm³/mol. The lowest BCUT2D eigenvalue weighted by Crippen LogP contribution is -2.23. The monoisotopic (exact) mass is 288 g/mol. The van der Waals surface area contributed by atoms with Gasteiger partial charge in [-0.3, -0.25) is 10.1 Å². The molecule has 0 unspecified atom stereocenters. The number of halogens is 1. The lowest BCUT2D eigenvalue weighted by atomic mass is 10.2. The fourth-order valence-corrected chi connectivity index (χ4v) is 1.62. The summed E-state index contributed by atoms with van der Waals surface area (Å²) in [5.41, 5.74) is 0.426. The van der Waals surface area contributed by atoms with Crippen LogP contribution in [-0.4, -0.2) is 22.7 Å². The molecule has 0 fully saturated rings. The number of nitro benzene ring substituents is 1. The quantitative estimate of drug-likeness (QED) is 0.645. The summed E-state index contributed by atoms with van der Waals surface area (Å²) in [6.07, 6.45) is 0.698. The van der Waals surface area contributed by atoms with Gasteiger partial charge >= 0.3 is 0 Å². The third-order valence-electron chi connectivity index (χ3n) is 2.23. The molecule has 1 aromatic carbocycles. The third-order valence-corrected chi connectivity index (χ3v) is 2.72. The number of nitro groups is 1. The van der Waals surface area contributed by atoms with E-state index in [1.54, 1.807) is 12.1 Å². The Morgan fingerprint density at radius 3 is 2.81 bits per heavy atom. The SMILES string of the molecule is CC[C@@H](CO)Nc1ccc(Br)cc1[N+](=O)[O-]. The van der Waals surface area contributed by atoms with Crippen molar-refractivity contribution in [2.24, 2.45) is 0 Å². The summed E-state index contributed by atoms with van der Waals surface area (Å²) in [5, 5.41) is 22.8. The second-order valence-electron chi connectivity index (χ2n) is 3.35. The Labute approximate surface area is 102 Å². The molecule has 1 aromatic rings. The van der Waals surface area contributed by atoms with Crippen molar-refractivity contribution in [2.45, 2.75) is 19.4 Å². The largest absolute Gasteiger partial charge is 0.394 e. The van der Waals surface area contributed by atoms with Crippen LogP contribution in [0.1, 0.15) is 13.3 Å². The van der Waals surface area contributed by atoms with Crippen molar-refractivity contribution in [3.63, 3.8) is 0 Å². The average Bonchev–Trinajstić information content (AvgIpc) is 2.27. The minimum atomic E-state index is -0.447. The normalized spacial score (nSPS) is 12.2. The second-order valence-corrected chi connectivity index (χ2v) is 4.27. The number of aliphatic hydroxyl groups is 1. The van der Waals surface area contributed by atoms with Gasteiger partial charge in [0.2, 0.25) is 0 Å². The van der Waals surface area contributed by atoms with E-state index in [0.717, 1.165) is 0 Å². The number of benzene rings is 1. The Morgan fingerprint density at radius 1 is 1.62 bits per heavy atom. The van der Waals surface area contributed by atoms with Gasteiger partial charge < -0.3 is 10.4 Å². The van der Waals surface area contributed by atoms with Crippen LogP contribution in [-0.2, 0) is 0 Å². The van der Waals surface area contributed by atoms with E-state index in [1.807, 2.05) is 6.92 Å². The van der Waals surface area contributed by atoms with Gasteiger partial charge in [-0.1, -0.05) is 22.9 Å². The number of aliphatic hydroxyl groups excluding tert-OH is 1. The summed E-state index contributed by atoms with van der Waals surface area (Å²) in [6, 6.07) is 4.62. The van der Waals surface area contributed by atoms with Crippen LogP contribution in [0.5, 0.6) is 0 Å². The molecule has 6 heteroatoms. The average molecular weight is 289 g/mol. The first kappa shape index (κ1) is 12.9. The van der Waals surface area contributed by atoms with Gasteiger partial charge in [-0.15, -0.1) is 0 Å². The lowest BCUT2D eigenvalue weighted by molar-refractivity contribution is -0.384. The van der Waals surface area contributed by atoms with Gasteiger partial charge in [0.05, 0.1) is 11.5 Å². The molecule has 0 spiro atoms. The molecule has 0 radical (unpaired) electrons. The van der Waals surface area contributed by atoms with Crippen LogP contribution in [0.2, 0.25) is 0 Å². The van der Waals surface area contributed by atoms with Gasteiger partial charge in [-0.2, -0.15) is 0 Å². The number of hydrogen-bond donors (Lipinski definition) is 2. The number of anilines is 1. The van der Waals surface area contributed by atoms with Gasteiger partial charge in [0, 0.05) is 16.6 Å². The topological polar surface area (TPSA) is 75.4 Å². The summed E-state index contributed by atoms with van der Waals surface area (Å²) in [7, 11) is 0. The van der Waals surface area contributed by atoms with E-state index in [-0.39, 0.29) is 18.3 Å². The Balaban J connectivity index is 2.98. The highest BCUT2D eigenvalue weighted by molar-refractivity contribution is 9.10. The van der Waals surface area contributed by atoms with Gasteiger partial charge in [0.25, 0.3) is 5.69 Å². The van der Waals surface area contributed by atoms with Crippen molar-refractivity contribution in [1.29, 1.82) is 0 Å². The minimum absolute atomic E-state index is 0.00118. The molecule has 0 aromatic heterocycles. The number of rotatable bonds is 5. The Kier molecular flexibility index (Phi) is 4.70. The Hall–Kier alpha value is -1.14. The first-order chi connectivity index (χ1) is 7.58. The zero-order chi connectivity index (χ0) is 12.1. The molecule has 0 bridgehead atoms. The Morgan fingerprint density at radius 2 is 2.31 bits per heavy atom. The summed E-state index contributed by atoms with van der Waals surface area (Å²) in [6.45, 7) is 1.85. The maximum absolute atomic E-state index is 10.8. The van der Waals surface area contributed by atoms with Crippen molar-refractivity contribution >= 4 is 27.3 Å². The van der Waals surface area contributed by atoms with Crippen LogP contribution >= 0.6 is 15.9 Å². The van der Waals surface area contributed by atoms with E-state index < -0.39 is 4.92 Å². The van der Waals surface area contributed by atoms with Crippen molar-refractivity contribution < 1.29 is 10.0 Å². The highest BCUT2D eigenvalue weighted by Crippen LogP contribution is 2.28. The first-order valence-electron chi connectivity index (χ1n) is 4.89. The van der Waals surface area contributed by atoms with Crippen LogP contribution in [0.3, 0.4) is 0 Å². The molecule has 1 rings (SSSR count). The molecule has 2 N–H and O–H groups in total. The highest BCUT2D eigenvalue weighted by Gasteiger charge is 2.16. The highest BCUT2D eigenvalue weighted by atomic mass is 79.9. The maximum Gasteiger partial charge on any atom is 0.293 e. The van der Waals surface area contributed by atoms with E-state index in [4.69, 9.17) is 5.11 Å². The number of hydrogen-bond acceptors (Lipinski definition) is 4. The fourth-order valence-electron chi connectivity index (χ4n) is 1.27. The van der Waals surface area contributed by atoms with Crippen molar-refractivity contribution in [2.75, 3.05) is 11.9 Å². The van der Waals surface area contributed by atoms with Crippen molar-refractivity contribution in [3.8, 4) is 0 Å². The van der Waals surface area contributed by atoms with Gasteiger partial charge in [0.15, 0.2) is 0 Å². The standard InChI is InChI=1S/C10H13BrN2O3/c1-2-8(6-14)12-9-4-3-7(11)5-10(9)13(15)16/h3-5,8,12,14H,2,6H2,1H3/t8-/m0/s1. The van der Waals surface area contributed by atoms with Gasteiger partial charge in [-0.05, 0) is 18.6 Å². The predicted octanol–water partition coefficient (Wildman–Crippen LogP) is 2.54. The van der Waals surface area contributed by atoms with Crippen molar-refractivity contribution in [1.82, 2.24) is 0 Å². The molecule has 0 amide bonds. The van der Waals surface area contributed by atoms with Crippen molar-refractivity contribution in [3.05, 3.63) is 32.8 Å². The molecule has 88 valence electrons. The third kappa shape index (κ3) is 3.18. The summed E-state index contributed by atoms with van der Waals surface area (Å²) in [5.74, 6) is 0. The molecule has 16 heavy (non-hydrogen) atoms. The van der Waals surface area contributed by atoms with E-state index in [9.17, 15) is 10.1 Å². The fraction of sp³-hybridized carbons (Fsp3) is 0.400. The number of nitrogens with zero attached hydrogens (tertiary/aromatic N) is 1. The van der Waals surface area contributed by atoms with E-state index in [2.05, 4.69) is 21.2 Å². The zero-order valence-corrected chi connectivity index (χ0v) is 10.4. The van der Waals surface area contributed by atoms with Gasteiger partial charge in [-0.25, -0.2) is 0 Å². The van der Waals surface area contributed by atoms with Crippen LogP contribution < -0.4 is 5.32 Å². The molecule has 0 saturated heterocycles. The van der Waals surface area contributed by atoms with Crippen LogP contribution in [0.15, 0.2) is 22.7 Å². The minimum Gasteiger partial charge on any atom is -0.394 e. The lowest BCUT2D eigenvalue weighted by Gasteiger charge is -2.15. The van der Waals surface area contributed by atoms with Crippen LogP contribution in [0.4, 0.5) is 11.4 Å². The summed E-state index contributed by atoms with van der Waals surface area (Å²) < 4.78 is 0.654. The molecule has 0 saturated carbocycles. The second kappa shape index (κ2) is 5.81. The molecule has 0 aliphatic rings. The van der Waals surface area contributed by atoms with Crippen LogP contribution in [0.25, 0.3) is 0 Å². The molecule has 0 aliphatic carbocycles. The number of nitrogens with one attached hydrogen (secondary N) is 1. The van der Waals surface area contributed by atoms with E-state index >= 15 is 0 Å². The van der Waals surface area contributed by atoms with E-state index in [1.165, 1.54) is 6.07 Å². The Bertz CT molecular complexity index is 380. The maximum atomic E-state index is 10.8. The molecule has 5 nitrogen and oxygen atoms in total. The summed E-state index contributed by atoms with van der Waals surface area (Å²) >= 11 is 3.18. The zero-order valence-electron chi connectivity index (χ0n) is 8.81. The molecule has 0 heterocycles. The van der Waals surface area contributed by atoms with Crippen LogP contribution in [0, 0.1) is 10.1 Å². The van der Waals surface area contributed by atoms with Gasteiger partial charge in [0.1, 0.15) is 5.69 Å². The smallest absolute Gasteiger partial charge is 0.293 e. The molecule has 1 atom stereocenters. The summed E-state index contributed by atoms with van der Waals surface area (Å²) in [4.78, 5) is 10.4. The molecular weight excluding hydrogens is 276 g/mol. The first-order valence-corrected chi connectivity index (χ1v) is 5.69.